The second-order valence-corrected chi connectivity index (χ2v) is 21.9. The van der Waals surface area contributed by atoms with Crippen LogP contribution in [0.4, 0.5) is 0 Å². The van der Waals surface area contributed by atoms with E-state index in [1.807, 2.05) is 30.3 Å². The number of rotatable bonds is 13. The van der Waals surface area contributed by atoms with Gasteiger partial charge in [-0.1, -0.05) is 119 Å². The van der Waals surface area contributed by atoms with Gasteiger partial charge in [0, 0.05) is 24.9 Å². The van der Waals surface area contributed by atoms with Gasteiger partial charge in [0.05, 0.1) is 45.2 Å². The van der Waals surface area contributed by atoms with Gasteiger partial charge in [0.2, 0.25) is 0 Å². The van der Waals surface area contributed by atoms with Crippen molar-refractivity contribution in [3.8, 4) is 0 Å². The molecule has 0 amide bonds. The molecule has 3 aromatic carbocycles. The molecule has 8 aliphatic rings. The Balaban J connectivity index is 0.873. The first kappa shape index (κ1) is 42.9. The molecule has 11 rings (SSSR count). The Morgan fingerprint density at radius 1 is 0.667 bits per heavy atom. The van der Waals surface area contributed by atoms with Crippen molar-refractivity contribution in [2.45, 2.75) is 154 Å². The first-order valence-electron chi connectivity index (χ1n) is 24.7. The van der Waals surface area contributed by atoms with Crippen molar-refractivity contribution in [1.29, 1.82) is 0 Å². The maximum absolute atomic E-state index is 7.53. The monoisotopic (exact) mass is 861 g/mol. The summed E-state index contributed by atoms with van der Waals surface area (Å²) in [5, 5.41) is 0. The molecule has 3 aromatic rings. The van der Waals surface area contributed by atoms with Crippen LogP contribution >= 0.6 is 0 Å². The topological polar surface area (TPSA) is 73.8 Å². The van der Waals surface area contributed by atoms with Crippen molar-refractivity contribution in [1.82, 2.24) is 0 Å². The van der Waals surface area contributed by atoms with Crippen molar-refractivity contribution >= 4 is 0 Å². The van der Waals surface area contributed by atoms with Gasteiger partial charge in [-0.3, -0.25) is 0 Å². The zero-order valence-corrected chi connectivity index (χ0v) is 38.4. The second kappa shape index (κ2) is 16.9. The molecule has 0 radical (unpaired) electrons. The van der Waals surface area contributed by atoms with Crippen LogP contribution in [0.1, 0.15) is 102 Å². The molecule has 3 heterocycles. The molecular formula is C55H72O8. The minimum atomic E-state index is -0.669. The molecule has 0 N–H and O–H groups in total. The average molecular weight is 861 g/mol. The third-order valence-corrected chi connectivity index (χ3v) is 19.0. The summed E-state index contributed by atoms with van der Waals surface area (Å²) >= 11 is 0. The molecule has 5 aliphatic carbocycles. The maximum atomic E-state index is 7.53. The summed E-state index contributed by atoms with van der Waals surface area (Å²) in [6.45, 7) is 12.6. The number of hydrogen-bond donors (Lipinski definition) is 0. The fraction of sp³-hybridized carbons (Fsp3) is 0.673. The highest BCUT2D eigenvalue weighted by molar-refractivity contribution is 5.27. The molecule has 0 aromatic heterocycles. The number of fused-ring (bicyclic) bond motifs is 6. The minimum absolute atomic E-state index is 0.169. The van der Waals surface area contributed by atoms with Gasteiger partial charge in [-0.25, -0.2) is 0 Å². The summed E-state index contributed by atoms with van der Waals surface area (Å²) in [5.41, 5.74) is 4.04. The molecule has 0 bridgehead atoms. The van der Waals surface area contributed by atoms with Crippen molar-refractivity contribution in [3.05, 3.63) is 108 Å². The molecule has 340 valence electrons. The van der Waals surface area contributed by atoms with Crippen LogP contribution in [-0.4, -0.2) is 69.0 Å². The fourth-order valence-electron chi connectivity index (χ4n) is 15.8. The highest BCUT2D eigenvalue weighted by atomic mass is 16.7. The molecule has 2 unspecified atom stereocenters. The standard InChI is InChI=1S/C55H72O8/c1-35-21-26-55(61-30-35)36(2)47-44(63-55)28-43-41-27-46(54-29-40(54)22-25-53(54,4)42(41)23-24-52(43,47)3)57-34-45-48(58-31-37-15-9-6-10-16-37)49(59-32-38-17-11-7-12-18-38)50(51(56-5)62-45)60-33-39-19-13-8-14-20-39/h6-20,35-36,40-51H,21-34H2,1-5H3/t35-,36+,40?,41-,42+,43+,44+,45-,46-,47+,48-,49+,50-,51+,52+,53-,54?,55-/m1/s1. The van der Waals surface area contributed by atoms with Crippen molar-refractivity contribution in [2.24, 2.45) is 57.7 Å². The third-order valence-electron chi connectivity index (χ3n) is 19.0. The Hall–Kier alpha value is -2.66. The lowest BCUT2D eigenvalue weighted by Gasteiger charge is -2.61. The van der Waals surface area contributed by atoms with E-state index in [0.29, 0.717) is 56.0 Å². The summed E-state index contributed by atoms with van der Waals surface area (Å²) < 4.78 is 55.3. The van der Waals surface area contributed by atoms with Crippen molar-refractivity contribution in [3.63, 3.8) is 0 Å². The fourth-order valence-corrected chi connectivity index (χ4v) is 15.8. The SMILES string of the molecule is CO[C@H]1O[C@H](CO[C@@H]2C[C@H]3[C@@H]4C[C@@H]5O[C@]6(CC[C@@H](C)CO6)[C@@H](C)[C@@H]5[C@@]4(C)CC[C@@H]3[C@@]3(C)CCC4CC423)[C@@H](OCc2ccccc2)[C@H](OCc2ccccc2)[C@H]1OCc1ccccc1. The summed E-state index contributed by atoms with van der Waals surface area (Å²) in [6, 6.07) is 31.1. The normalized spacial score (nSPS) is 45.9. The lowest BCUT2D eigenvalue weighted by Crippen LogP contribution is -2.62. The predicted octanol–water partition coefficient (Wildman–Crippen LogP) is 10.6. The van der Waals surface area contributed by atoms with E-state index in [4.69, 9.17) is 37.9 Å². The Morgan fingerprint density at radius 2 is 1.30 bits per heavy atom. The van der Waals surface area contributed by atoms with Crippen LogP contribution in [0, 0.1) is 57.7 Å². The van der Waals surface area contributed by atoms with Gasteiger partial charge in [0.1, 0.15) is 24.4 Å². The van der Waals surface area contributed by atoms with E-state index in [2.05, 4.69) is 88.4 Å². The van der Waals surface area contributed by atoms with Crippen molar-refractivity contribution in [2.75, 3.05) is 20.3 Å². The molecule has 8 fully saturated rings. The van der Waals surface area contributed by atoms with Crippen LogP contribution in [0.15, 0.2) is 91.0 Å². The smallest absolute Gasteiger partial charge is 0.186 e. The van der Waals surface area contributed by atoms with Gasteiger partial charge < -0.3 is 37.9 Å². The first-order chi connectivity index (χ1) is 30.7. The van der Waals surface area contributed by atoms with E-state index in [1.165, 1.54) is 38.5 Å². The Kier molecular flexibility index (Phi) is 11.5. The Morgan fingerprint density at radius 3 is 1.90 bits per heavy atom. The molecule has 3 aliphatic heterocycles. The van der Waals surface area contributed by atoms with Gasteiger partial charge >= 0.3 is 0 Å². The van der Waals surface area contributed by atoms with E-state index in [1.54, 1.807) is 7.11 Å². The van der Waals surface area contributed by atoms with Crippen LogP contribution in [0.5, 0.6) is 0 Å². The molecule has 8 nitrogen and oxygen atoms in total. The summed E-state index contributed by atoms with van der Waals surface area (Å²) in [5.74, 6) is 3.93. The van der Waals surface area contributed by atoms with Crippen LogP contribution < -0.4 is 0 Å². The summed E-state index contributed by atoms with van der Waals surface area (Å²) in [7, 11) is 1.71. The lowest BCUT2D eigenvalue weighted by molar-refractivity contribution is -0.326. The quantitative estimate of drug-likeness (QED) is 0.168. The van der Waals surface area contributed by atoms with Gasteiger partial charge in [-0.2, -0.15) is 0 Å². The molecule has 18 atom stereocenters. The summed E-state index contributed by atoms with van der Waals surface area (Å²) in [4.78, 5) is 0. The average Bonchev–Trinajstić information content (AvgIpc) is 3.75. The van der Waals surface area contributed by atoms with Gasteiger partial charge in [0.25, 0.3) is 0 Å². The number of benzene rings is 3. The zero-order chi connectivity index (χ0) is 43.0. The zero-order valence-electron chi connectivity index (χ0n) is 38.4. The molecule has 2 spiro atoms. The first-order valence-corrected chi connectivity index (χ1v) is 24.7. The summed E-state index contributed by atoms with van der Waals surface area (Å²) in [6.07, 6.45) is 8.97. The van der Waals surface area contributed by atoms with E-state index in [9.17, 15) is 0 Å². The molecular weight excluding hydrogens is 789 g/mol. The van der Waals surface area contributed by atoms with Crippen LogP contribution in [0.2, 0.25) is 0 Å². The predicted molar refractivity (Wildman–Crippen MR) is 240 cm³/mol. The Labute approximate surface area is 376 Å². The van der Waals surface area contributed by atoms with Gasteiger partial charge in [-0.05, 0) is 114 Å². The van der Waals surface area contributed by atoms with Crippen molar-refractivity contribution < 1.29 is 37.9 Å². The van der Waals surface area contributed by atoms with E-state index in [-0.39, 0.29) is 34.2 Å². The molecule has 63 heavy (non-hydrogen) atoms. The second-order valence-electron chi connectivity index (χ2n) is 21.9. The largest absolute Gasteiger partial charge is 0.375 e. The maximum Gasteiger partial charge on any atom is 0.186 e. The lowest BCUT2D eigenvalue weighted by atomic mass is 9.45. The molecule has 8 heteroatoms. The number of methoxy groups -OCH3 is 1. The van der Waals surface area contributed by atoms with E-state index < -0.39 is 30.7 Å². The molecule has 3 saturated heterocycles. The van der Waals surface area contributed by atoms with Crippen LogP contribution in [0.25, 0.3) is 0 Å². The van der Waals surface area contributed by atoms with Gasteiger partial charge in [-0.15, -0.1) is 0 Å². The minimum Gasteiger partial charge on any atom is -0.375 e. The van der Waals surface area contributed by atoms with Gasteiger partial charge in [0.15, 0.2) is 12.1 Å². The van der Waals surface area contributed by atoms with Crippen LogP contribution in [0.3, 0.4) is 0 Å². The van der Waals surface area contributed by atoms with E-state index >= 15 is 0 Å². The number of ether oxygens (including phenoxy) is 8. The highest BCUT2D eigenvalue weighted by Crippen LogP contribution is 2.82. The highest BCUT2D eigenvalue weighted by Gasteiger charge is 2.79. The third kappa shape index (κ3) is 7.22. The Bertz CT molecular complexity index is 2010. The number of hydrogen-bond acceptors (Lipinski definition) is 8. The van der Waals surface area contributed by atoms with Crippen LogP contribution in [-0.2, 0) is 57.7 Å². The molecule has 5 saturated carbocycles. The van der Waals surface area contributed by atoms with E-state index in [0.717, 1.165) is 54.4 Å².